The fourth-order valence-corrected chi connectivity index (χ4v) is 4.20. The third kappa shape index (κ3) is 2.41. The second-order valence-corrected chi connectivity index (χ2v) is 6.29. The predicted molar refractivity (Wildman–Crippen MR) is 72.1 cm³/mol. The minimum absolute atomic E-state index is 0.261. The molecule has 0 aromatic heterocycles. The van der Waals surface area contributed by atoms with Gasteiger partial charge < -0.3 is 5.32 Å². The number of nitrogens with one attached hydrogen (secondary N) is 1. The summed E-state index contributed by atoms with van der Waals surface area (Å²) in [7, 11) is 0. The van der Waals surface area contributed by atoms with E-state index < -0.39 is 0 Å². The second-order valence-electron chi connectivity index (χ2n) is 6.29. The first-order valence-corrected chi connectivity index (χ1v) is 7.78. The van der Waals surface area contributed by atoms with E-state index in [0.29, 0.717) is 12.1 Å². The van der Waals surface area contributed by atoms with Crippen LogP contribution in [0.2, 0.25) is 0 Å². The highest BCUT2D eigenvalue weighted by Crippen LogP contribution is 2.30. The molecule has 2 saturated heterocycles. The van der Waals surface area contributed by atoms with Gasteiger partial charge in [0.2, 0.25) is 0 Å². The molecular weight excluding hydrogens is 222 g/mol. The van der Waals surface area contributed by atoms with Gasteiger partial charge in [0.25, 0.3) is 0 Å². The Hall–Kier alpha value is -0.590. The van der Waals surface area contributed by atoms with Crippen LogP contribution < -0.4 is 5.32 Å². The molecule has 2 aliphatic heterocycles. The fraction of sp³-hybridized carbons (Fsp3) is 0.933. The van der Waals surface area contributed by atoms with Crippen LogP contribution in [0.1, 0.15) is 51.4 Å². The van der Waals surface area contributed by atoms with E-state index in [1.54, 1.807) is 0 Å². The van der Waals surface area contributed by atoms with Crippen molar-refractivity contribution in [2.75, 3.05) is 13.1 Å². The van der Waals surface area contributed by atoms with Crippen molar-refractivity contribution in [3.8, 4) is 6.07 Å². The maximum Gasteiger partial charge on any atom is 0.0672 e. The van der Waals surface area contributed by atoms with E-state index >= 15 is 0 Å². The van der Waals surface area contributed by atoms with Gasteiger partial charge in [0, 0.05) is 24.7 Å². The van der Waals surface area contributed by atoms with Crippen molar-refractivity contribution in [2.24, 2.45) is 5.92 Å². The van der Waals surface area contributed by atoms with Crippen molar-refractivity contribution in [3.63, 3.8) is 0 Å². The molecule has 0 spiro atoms. The Morgan fingerprint density at radius 1 is 0.889 bits per heavy atom. The summed E-state index contributed by atoms with van der Waals surface area (Å²) in [5.41, 5.74) is 0. The molecule has 0 aromatic carbocycles. The molecule has 0 radical (unpaired) electrons. The van der Waals surface area contributed by atoms with Gasteiger partial charge in [-0.3, -0.25) is 4.90 Å². The fourth-order valence-electron chi connectivity index (χ4n) is 4.20. The normalized spacial score (nSPS) is 41.3. The van der Waals surface area contributed by atoms with Crippen molar-refractivity contribution in [1.29, 1.82) is 5.26 Å². The van der Waals surface area contributed by atoms with Crippen molar-refractivity contribution in [1.82, 2.24) is 10.2 Å². The number of hydrogen-bond donors (Lipinski definition) is 1. The molecule has 1 N–H and O–H groups in total. The van der Waals surface area contributed by atoms with Gasteiger partial charge in [0.1, 0.15) is 0 Å². The van der Waals surface area contributed by atoms with Crippen LogP contribution in [-0.4, -0.2) is 36.1 Å². The van der Waals surface area contributed by atoms with Gasteiger partial charge in [-0.2, -0.15) is 5.26 Å². The lowest BCUT2D eigenvalue weighted by molar-refractivity contribution is 0.168. The van der Waals surface area contributed by atoms with E-state index in [1.807, 2.05) is 0 Å². The Balaban J connectivity index is 1.60. The highest BCUT2D eigenvalue weighted by molar-refractivity contribution is 5.00. The molecule has 1 aliphatic carbocycles. The van der Waals surface area contributed by atoms with Gasteiger partial charge in [0.05, 0.1) is 12.0 Å². The summed E-state index contributed by atoms with van der Waals surface area (Å²) in [5.74, 6) is 0.261. The van der Waals surface area contributed by atoms with E-state index in [-0.39, 0.29) is 5.92 Å². The van der Waals surface area contributed by atoms with Crippen molar-refractivity contribution < 1.29 is 0 Å². The quantitative estimate of drug-likeness (QED) is 0.813. The summed E-state index contributed by atoms with van der Waals surface area (Å²) in [6.07, 6.45) is 10.3. The van der Waals surface area contributed by atoms with E-state index in [9.17, 15) is 5.26 Å². The van der Waals surface area contributed by atoms with Gasteiger partial charge in [-0.1, -0.05) is 19.3 Å². The molecule has 3 fully saturated rings. The molecule has 3 rings (SSSR count). The lowest BCUT2D eigenvalue weighted by atomic mass is 9.84. The van der Waals surface area contributed by atoms with Crippen molar-refractivity contribution >= 4 is 0 Å². The van der Waals surface area contributed by atoms with Gasteiger partial charge >= 0.3 is 0 Å². The molecule has 4 unspecified atom stereocenters. The third-order valence-electron chi connectivity index (χ3n) is 5.22. The first kappa shape index (κ1) is 12.4. The van der Waals surface area contributed by atoms with Crippen LogP contribution in [0.4, 0.5) is 0 Å². The second kappa shape index (κ2) is 5.59. The van der Waals surface area contributed by atoms with Crippen LogP contribution in [0.15, 0.2) is 0 Å². The molecule has 1 saturated carbocycles. The lowest BCUT2D eigenvalue weighted by Crippen LogP contribution is -2.50. The third-order valence-corrected chi connectivity index (χ3v) is 5.22. The van der Waals surface area contributed by atoms with Gasteiger partial charge in [0.15, 0.2) is 0 Å². The Labute approximate surface area is 111 Å². The topological polar surface area (TPSA) is 39.1 Å². The number of nitriles is 1. The molecule has 0 bridgehead atoms. The van der Waals surface area contributed by atoms with Crippen LogP contribution in [0.25, 0.3) is 0 Å². The number of nitrogens with zero attached hydrogens (tertiary/aromatic N) is 2. The minimum Gasteiger partial charge on any atom is -0.308 e. The molecule has 3 nitrogen and oxygen atoms in total. The predicted octanol–water partition coefficient (Wildman–Crippen LogP) is 2.29. The zero-order valence-corrected chi connectivity index (χ0v) is 11.3. The van der Waals surface area contributed by atoms with Crippen LogP contribution in [0.5, 0.6) is 0 Å². The van der Waals surface area contributed by atoms with E-state index in [2.05, 4.69) is 16.3 Å². The summed E-state index contributed by atoms with van der Waals surface area (Å²) < 4.78 is 0. The first-order chi connectivity index (χ1) is 8.88. The number of fused-ring (bicyclic) bond motifs is 1. The lowest BCUT2D eigenvalue weighted by Gasteiger charge is -2.36. The van der Waals surface area contributed by atoms with Gasteiger partial charge in [-0.25, -0.2) is 0 Å². The van der Waals surface area contributed by atoms with Crippen LogP contribution in [0, 0.1) is 17.2 Å². The van der Waals surface area contributed by atoms with Gasteiger partial charge in [-0.05, 0) is 38.6 Å². The number of hydrogen-bond acceptors (Lipinski definition) is 3. The van der Waals surface area contributed by atoms with E-state index in [4.69, 9.17) is 0 Å². The highest BCUT2D eigenvalue weighted by atomic mass is 15.2. The largest absolute Gasteiger partial charge is 0.308 e. The van der Waals surface area contributed by atoms with Crippen LogP contribution in [-0.2, 0) is 0 Å². The summed E-state index contributed by atoms with van der Waals surface area (Å²) in [6, 6.07) is 4.41. The van der Waals surface area contributed by atoms with Gasteiger partial charge in [-0.15, -0.1) is 0 Å². The monoisotopic (exact) mass is 247 g/mol. The molecule has 0 amide bonds. The SMILES string of the molecule is N#CC1CCCCC1NC1CCN2CCCCC12. The van der Waals surface area contributed by atoms with Crippen molar-refractivity contribution in [2.45, 2.75) is 69.5 Å². The number of rotatable bonds is 2. The molecule has 0 aromatic rings. The summed E-state index contributed by atoms with van der Waals surface area (Å²) >= 11 is 0. The molecule has 2 heterocycles. The summed E-state index contributed by atoms with van der Waals surface area (Å²) in [5, 5.41) is 13.1. The summed E-state index contributed by atoms with van der Waals surface area (Å²) in [4.78, 5) is 2.67. The van der Waals surface area contributed by atoms with E-state index in [1.165, 1.54) is 58.0 Å². The molecule has 100 valence electrons. The number of piperidine rings is 1. The van der Waals surface area contributed by atoms with Crippen LogP contribution in [0.3, 0.4) is 0 Å². The average molecular weight is 247 g/mol. The first-order valence-electron chi connectivity index (χ1n) is 7.78. The Morgan fingerprint density at radius 3 is 2.61 bits per heavy atom. The van der Waals surface area contributed by atoms with E-state index in [0.717, 1.165) is 12.5 Å². The Bertz CT molecular complexity index is 322. The smallest absolute Gasteiger partial charge is 0.0672 e. The molecule has 4 atom stereocenters. The maximum atomic E-state index is 9.27. The maximum absolute atomic E-state index is 9.27. The zero-order valence-electron chi connectivity index (χ0n) is 11.3. The molecular formula is C15H25N3. The Morgan fingerprint density at radius 2 is 1.72 bits per heavy atom. The minimum atomic E-state index is 0.261. The molecule has 3 aliphatic rings. The average Bonchev–Trinajstić information content (AvgIpc) is 2.83. The van der Waals surface area contributed by atoms with Crippen molar-refractivity contribution in [3.05, 3.63) is 0 Å². The summed E-state index contributed by atoms with van der Waals surface area (Å²) in [6.45, 7) is 2.57. The highest BCUT2D eigenvalue weighted by Gasteiger charge is 2.37. The Kier molecular flexibility index (Phi) is 3.86. The zero-order chi connectivity index (χ0) is 12.4. The molecule has 3 heteroatoms. The van der Waals surface area contributed by atoms with Crippen LogP contribution >= 0.6 is 0 Å². The standard InChI is InChI=1S/C15H25N3/c16-11-12-5-1-2-6-13(12)17-14-8-10-18-9-4-3-7-15(14)18/h12-15,17H,1-10H2. The molecule has 18 heavy (non-hydrogen) atoms.